The average molecular weight is 213 g/mol. The number of aromatic amines is 1. The molecule has 1 aromatic rings. The zero-order chi connectivity index (χ0) is 10.4. The molecular formula is C9H15N3OS. The minimum Gasteiger partial charge on any atom is -0.353 e. The van der Waals surface area contributed by atoms with Crippen LogP contribution in [0.4, 0.5) is 0 Å². The Hall–Kier alpha value is -0.970. The predicted molar refractivity (Wildman–Crippen MR) is 57.2 cm³/mol. The van der Waals surface area contributed by atoms with E-state index in [0.29, 0.717) is 5.75 Å². The van der Waals surface area contributed by atoms with Crippen LogP contribution in [0, 0.1) is 0 Å². The Morgan fingerprint density at radius 2 is 2.57 bits per heavy atom. The smallest absolute Gasteiger partial charge is 0.230 e. The molecule has 5 heteroatoms. The normalized spacial score (nSPS) is 12.4. The maximum atomic E-state index is 11.3. The van der Waals surface area contributed by atoms with E-state index < -0.39 is 0 Å². The van der Waals surface area contributed by atoms with Gasteiger partial charge in [0.25, 0.3) is 0 Å². The summed E-state index contributed by atoms with van der Waals surface area (Å²) in [6.45, 7) is 4.04. The molecule has 0 aliphatic rings. The van der Waals surface area contributed by atoms with Crippen molar-refractivity contribution in [2.24, 2.45) is 0 Å². The van der Waals surface area contributed by atoms with Gasteiger partial charge in [-0.15, -0.1) is 0 Å². The minimum absolute atomic E-state index is 0.0563. The topological polar surface area (TPSA) is 57.8 Å². The summed E-state index contributed by atoms with van der Waals surface area (Å²) in [6, 6.07) is 0.250. The van der Waals surface area contributed by atoms with Gasteiger partial charge in [-0.05, 0) is 13.3 Å². The molecule has 1 rings (SSSR count). The van der Waals surface area contributed by atoms with E-state index in [1.165, 1.54) is 11.8 Å². The van der Waals surface area contributed by atoms with Crippen LogP contribution in [-0.4, -0.2) is 27.7 Å². The van der Waals surface area contributed by atoms with Gasteiger partial charge in [-0.25, -0.2) is 4.98 Å². The molecule has 0 bridgehead atoms. The Morgan fingerprint density at radius 3 is 3.14 bits per heavy atom. The van der Waals surface area contributed by atoms with Crippen LogP contribution in [0.15, 0.2) is 17.6 Å². The maximum Gasteiger partial charge on any atom is 0.230 e. The zero-order valence-corrected chi connectivity index (χ0v) is 9.23. The summed E-state index contributed by atoms with van der Waals surface area (Å²) < 4.78 is 0. The quantitative estimate of drug-likeness (QED) is 0.727. The predicted octanol–water partition coefficient (Wildman–Crippen LogP) is 1.42. The van der Waals surface area contributed by atoms with Crippen molar-refractivity contribution in [3.05, 3.63) is 12.4 Å². The number of hydrogen-bond donors (Lipinski definition) is 2. The molecule has 4 nitrogen and oxygen atoms in total. The lowest BCUT2D eigenvalue weighted by atomic mass is 10.3. The van der Waals surface area contributed by atoms with Crippen molar-refractivity contribution in [1.82, 2.24) is 15.3 Å². The Morgan fingerprint density at radius 1 is 1.79 bits per heavy atom. The van der Waals surface area contributed by atoms with E-state index in [-0.39, 0.29) is 11.9 Å². The molecule has 1 aromatic heterocycles. The highest BCUT2D eigenvalue weighted by Crippen LogP contribution is 2.10. The Kier molecular flexibility index (Phi) is 4.52. The molecular weight excluding hydrogens is 198 g/mol. The summed E-state index contributed by atoms with van der Waals surface area (Å²) in [5.41, 5.74) is 0. The first-order chi connectivity index (χ1) is 6.72. The number of aromatic nitrogens is 2. The van der Waals surface area contributed by atoms with Crippen molar-refractivity contribution >= 4 is 17.7 Å². The molecule has 0 aromatic carbocycles. The molecule has 1 heterocycles. The molecule has 78 valence electrons. The van der Waals surface area contributed by atoms with Crippen molar-refractivity contribution in [2.45, 2.75) is 31.5 Å². The molecule has 14 heavy (non-hydrogen) atoms. The van der Waals surface area contributed by atoms with Gasteiger partial charge >= 0.3 is 0 Å². The molecule has 0 saturated heterocycles. The van der Waals surface area contributed by atoms with Crippen LogP contribution in [0.2, 0.25) is 0 Å². The van der Waals surface area contributed by atoms with Crippen LogP contribution in [0.25, 0.3) is 0 Å². The highest BCUT2D eigenvalue weighted by Gasteiger charge is 2.06. The van der Waals surface area contributed by atoms with Gasteiger partial charge in [-0.3, -0.25) is 4.79 Å². The molecule has 0 spiro atoms. The van der Waals surface area contributed by atoms with Gasteiger partial charge in [-0.2, -0.15) is 0 Å². The van der Waals surface area contributed by atoms with Crippen molar-refractivity contribution < 1.29 is 4.79 Å². The Bertz CT molecular complexity index is 274. The number of H-pyrrole nitrogens is 1. The van der Waals surface area contributed by atoms with Crippen LogP contribution >= 0.6 is 11.8 Å². The Labute approximate surface area is 87.9 Å². The SMILES string of the molecule is CCC(C)NC(=O)CSc1ncc[nH]1. The number of nitrogens with zero attached hydrogens (tertiary/aromatic N) is 1. The first-order valence-electron chi connectivity index (χ1n) is 4.64. The molecule has 1 atom stereocenters. The highest BCUT2D eigenvalue weighted by molar-refractivity contribution is 7.99. The van der Waals surface area contributed by atoms with Crippen molar-refractivity contribution in [3.8, 4) is 0 Å². The summed E-state index contributed by atoms with van der Waals surface area (Å²) in [4.78, 5) is 18.3. The van der Waals surface area contributed by atoms with Gasteiger partial charge in [0, 0.05) is 18.4 Å². The molecule has 2 N–H and O–H groups in total. The van der Waals surface area contributed by atoms with E-state index in [2.05, 4.69) is 15.3 Å². The van der Waals surface area contributed by atoms with Crippen LogP contribution in [0.3, 0.4) is 0 Å². The number of rotatable bonds is 5. The average Bonchev–Trinajstić information content (AvgIpc) is 2.67. The van der Waals surface area contributed by atoms with E-state index in [0.717, 1.165) is 11.6 Å². The third-order valence-electron chi connectivity index (χ3n) is 1.83. The highest BCUT2D eigenvalue weighted by atomic mass is 32.2. The molecule has 0 saturated carbocycles. The first-order valence-corrected chi connectivity index (χ1v) is 5.62. The van der Waals surface area contributed by atoms with Gasteiger partial charge in [0.15, 0.2) is 5.16 Å². The van der Waals surface area contributed by atoms with Crippen LogP contribution in [-0.2, 0) is 4.79 Å². The summed E-state index contributed by atoms with van der Waals surface area (Å²) in [5, 5.41) is 3.67. The van der Waals surface area contributed by atoms with Crippen molar-refractivity contribution in [3.63, 3.8) is 0 Å². The third kappa shape index (κ3) is 3.83. The number of hydrogen-bond acceptors (Lipinski definition) is 3. The lowest BCUT2D eigenvalue weighted by Gasteiger charge is -2.10. The van der Waals surface area contributed by atoms with Crippen LogP contribution < -0.4 is 5.32 Å². The second-order valence-corrected chi connectivity index (χ2v) is 4.02. The fourth-order valence-electron chi connectivity index (χ4n) is 0.882. The Balaban J connectivity index is 2.22. The zero-order valence-electron chi connectivity index (χ0n) is 8.41. The van der Waals surface area contributed by atoms with Gasteiger partial charge in [0.05, 0.1) is 5.75 Å². The van der Waals surface area contributed by atoms with Gasteiger partial charge in [0.2, 0.25) is 5.91 Å². The monoisotopic (exact) mass is 213 g/mol. The molecule has 0 aliphatic carbocycles. The van der Waals surface area contributed by atoms with E-state index in [9.17, 15) is 4.79 Å². The molecule has 0 fully saturated rings. The van der Waals surface area contributed by atoms with Crippen LogP contribution in [0.1, 0.15) is 20.3 Å². The summed E-state index contributed by atoms with van der Waals surface area (Å²) in [5.74, 6) is 0.471. The number of carbonyl (C=O) groups excluding carboxylic acids is 1. The molecule has 0 aliphatic heterocycles. The van der Waals surface area contributed by atoms with Gasteiger partial charge in [-0.1, -0.05) is 18.7 Å². The number of amides is 1. The summed E-state index contributed by atoms with van der Waals surface area (Å²) in [7, 11) is 0. The lowest BCUT2D eigenvalue weighted by molar-refractivity contribution is -0.119. The molecule has 1 unspecified atom stereocenters. The number of imidazole rings is 1. The molecule has 0 radical (unpaired) electrons. The van der Waals surface area contributed by atoms with Crippen LogP contribution in [0.5, 0.6) is 0 Å². The largest absolute Gasteiger partial charge is 0.353 e. The fraction of sp³-hybridized carbons (Fsp3) is 0.556. The van der Waals surface area contributed by atoms with E-state index >= 15 is 0 Å². The maximum absolute atomic E-state index is 11.3. The minimum atomic E-state index is 0.0563. The summed E-state index contributed by atoms with van der Waals surface area (Å²) >= 11 is 1.41. The second kappa shape index (κ2) is 5.70. The standard InChI is InChI=1S/C9H15N3OS/c1-3-7(2)12-8(13)6-14-9-10-4-5-11-9/h4-5,7H,3,6H2,1-2H3,(H,10,11)(H,12,13). The number of nitrogens with one attached hydrogen (secondary N) is 2. The first kappa shape index (κ1) is 11.1. The lowest BCUT2D eigenvalue weighted by Crippen LogP contribution is -2.33. The van der Waals surface area contributed by atoms with E-state index in [4.69, 9.17) is 0 Å². The number of carbonyl (C=O) groups is 1. The van der Waals surface area contributed by atoms with Gasteiger partial charge < -0.3 is 10.3 Å². The second-order valence-electron chi connectivity index (χ2n) is 3.06. The number of thioether (sulfide) groups is 1. The van der Waals surface area contributed by atoms with Crippen molar-refractivity contribution in [1.29, 1.82) is 0 Å². The van der Waals surface area contributed by atoms with Gasteiger partial charge in [0.1, 0.15) is 0 Å². The van der Waals surface area contributed by atoms with E-state index in [1.54, 1.807) is 12.4 Å². The summed E-state index contributed by atoms with van der Waals surface area (Å²) in [6.07, 6.45) is 4.38. The fourth-order valence-corrected chi connectivity index (χ4v) is 1.52. The van der Waals surface area contributed by atoms with Crippen molar-refractivity contribution in [2.75, 3.05) is 5.75 Å². The van der Waals surface area contributed by atoms with E-state index in [1.807, 2.05) is 13.8 Å². The molecule has 1 amide bonds. The third-order valence-corrected chi connectivity index (χ3v) is 2.74.